The molecular weight excluding hydrogens is 146 g/mol. The quantitative estimate of drug-likeness (QED) is 0.581. The second-order valence-electron chi connectivity index (χ2n) is 5.00. The second-order valence-corrected chi connectivity index (χ2v) is 5.00. The lowest BCUT2D eigenvalue weighted by molar-refractivity contribution is 0.203. The summed E-state index contributed by atoms with van der Waals surface area (Å²) in [6, 6.07) is 1.84. The highest BCUT2D eigenvalue weighted by atomic mass is 15.0. The zero-order valence-corrected chi connectivity index (χ0v) is 7.76. The van der Waals surface area contributed by atoms with Crippen molar-refractivity contribution in [3.8, 4) is 0 Å². The predicted molar refractivity (Wildman–Crippen MR) is 50.0 cm³/mol. The Morgan fingerprint density at radius 3 is 1.92 bits per heavy atom. The predicted octanol–water partition coefficient (Wildman–Crippen LogP) is 2.32. The van der Waals surface area contributed by atoms with Crippen molar-refractivity contribution in [1.29, 1.82) is 0 Å². The molecule has 12 heavy (non-hydrogen) atoms. The van der Waals surface area contributed by atoms with Crippen LogP contribution in [0, 0.1) is 11.8 Å². The Bertz CT molecular complexity index is 142. The zero-order chi connectivity index (χ0) is 7.97. The smallest absolute Gasteiger partial charge is 0.00981 e. The lowest BCUT2D eigenvalue weighted by Gasteiger charge is -2.36. The first-order valence-electron chi connectivity index (χ1n) is 5.69. The van der Waals surface area contributed by atoms with Gasteiger partial charge in [-0.1, -0.05) is 12.8 Å². The molecule has 0 aromatic rings. The Hall–Kier alpha value is -0.0400. The molecule has 1 nitrogen and oxygen atoms in total. The van der Waals surface area contributed by atoms with Crippen LogP contribution in [-0.4, -0.2) is 12.1 Å². The van der Waals surface area contributed by atoms with Crippen LogP contribution in [0.4, 0.5) is 0 Å². The summed E-state index contributed by atoms with van der Waals surface area (Å²) < 4.78 is 0. The van der Waals surface area contributed by atoms with E-state index in [4.69, 9.17) is 0 Å². The fraction of sp³-hybridized carbons (Fsp3) is 1.00. The molecule has 2 saturated carbocycles. The van der Waals surface area contributed by atoms with Crippen molar-refractivity contribution in [2.75, 3.05) is 0 Å². The molecule has 1 heteroatoms. The van der Waals surface area contributed by atoms with Gasteiger partial charge in [-0.05, 0) is 43.9 Å². The first-order valence-corrected chi connectivity index (χ1v) is 5.69. The molecule has 3 rings (SSSR count). The van der Waals surface area contributed by atoms with Crippen LogP contribution in [0.3, 0.4) is 0 Å². The third-order valence-electron chi connectivity index (χ3n) is 4.35. The van der Waals surface area contributed by atoms with Crippen LogP contribution >= 0.6 is 0 Å². The number of hydrogen-bond donors (Lipinski definition) is 1. The van der Waals surface area contributed by atoms with Crippen molar-refractivity contribution in [2.24, 2.45) is 11.8 Å². The highest BCUT2D eigenvalue weighted by molar-refractivity contribution is 4.97. The van der Waals surface area contributed by atoms with Gasteiger partial charge in [-0.15, -0.1) is 0 Å². The Labute approximate surface area is 74.9 Å². The summed E-state index contributed by atoms with van der Waals surface area (Å²) in [7, 11) is 0. The van der Waals surface area contributed by atoms with Gasteiger partial charge in [0.25, 0.3) is 0 Å². The van der Waals surface area contributed by atoms with Crippen molar-refractivity contribution in [3.63, 3.8) is 0 Å². The molecule has 0 radical (unpaired) electrons. The monoisotopic (exact) mass is 165 g/mol. The molecule has 4 atom stereocenters. The standard InChI is InChI=1S/C11H19N/c1-3-8-7-9-4-2-6-11(9)12-10(8)5-1/h8-12H,1-7H2. The van der Waals surface area contributed by atoms with Crippen LogP contribution in [0.25, 0.3) is 0 Å². The van der Waals surface area contributed by atoms with Gasteiger partial charge in [0.05, 0.1) is 0 Å². The maximum Gasteiger partial charge on any atom is 0.00981 e. The summed E-state index contributed by atoms with van der Waals surface area (Å²) >= 11 is 0. The lowest BCUT2D eigenvalue weighted by Crippen LogP contribution is -2.47. The van der Waals surface area contributed by atoms with E-state index in [-0.39, 0.29) is 0 Å². The third kappa shape index (κ3) is 1.02. The van der Waals surface area contributed by atoms with Gasteiger partial charge < -0.3 is 5.32 Å². The van der Waals surface area contributed by atoms with Crippen LogP contribution in [0.5, 0.6) is 0 Å². The van der Waals surface area contributed by atoms with Crippen LogP contribution in [-0.2, 0) is 0 Å². The largest absolute Gasteiger partial charge is 0.311 e. The Kier molecular flexibility index (Phi) is 1.68. The minimum Gasteiger partial charge on any atom is -0.311 e. The van der Waals surface area contributed by atoms with E-state index < -0.39 is 0 Å². The molecule has 1 N–H and O–H groups in total. The van der Waals surface area contributed by atoms with Crippen LogP contribution in [0.15, 0.2) is 0 Å². The maximum absolute atomic E-state index is 3.88. The van der Waals surface area contributed by atoms with Gasteiger partial charge in [-0.3, -0.25) is 0 Å². The van der Waals surface area contributed by atoms with E-state index in [0.717, 1.165) is 23.9 Å². The number of nitrogens with one attached hydrogen (secondary N) is 1. The normalized spacial score (nSPS) is 52.0. The first kappa shape index (κ1) is 7.37. The summed E-state index contributed by atoms with van der Waals surface area (Å²) in [5.41, 5.74) is 0. The molecular formula is C11H19N. The maximum atomic E-state index is 3.88. The van der Waals surface area contributed by atoms with Crippen molar-refractivity contribution in [1.82, 2.24) is 5.32 Å². The van der Waals surface area contributed by atoms with Gasteiger partial charge in [-0.25, -0.2) is 0 Å². The summed E-state index contributed by atoms with van der Waals surface area (Å²) in [6.07, 6.45) is 10.5. The minimum absolute atomic E-state index is 0.921. The Morgan fingerprint density at radius 2 is 1.33 bits per heavy atom. The Balaban J connectivity index is 1.75. The SMILES string of the molecule is C1CC2CC3CCCC3NC2C1. The van der Waals surface area contributed by atoms with Crippen molar-refractivity contribution in [3.05, 3.63) is 0 Å². The minimum atomic E-state index is 0.921. The average molecular weight is 165 g/mol. The molecule has 3 fully saturated rings. The topological polar surface area (TPSA) is 12.0 Å². The molecule has 1 aliphatic heterocycles. The molecule has 0 amide bonds. The van der Waals surface area contributed by atoms with Gasteiger partial charge in [0.1, 0.15) is 0 Å². The molecule has 4 unspecified atom stereocenters. The van der Waals surface area contributed by atoms with Crippen molar-refractivity contribution >= 4 is 0 Å². The van der Waals surface area contributed by atoms with E-state index in [9.17, 15) is 0 Å². The summed E-state index contributed by atoms with van der Waals surface area (Å²) in [5.74, 6) is 2.12. The van der Waals surface area contributed by atoms with E-state index in [0.29, 0.717) is 0 Å². The van der Waals surface area contributed by atoms with Gasteiger partial charge in [0.2, 0.25) is 0 Å². The summed E-state index contributed by atoms with van der Waals surface area (Å²) in [5, 5.41) is 3.88. The molecule has 3 aliphatic rings. The third-order valence-corrected chi connectivity index (χ3v) is 4.35. The van der Waals surface area contributed by atoms with E-state index in [2.05, 4.69) is 5.32 Å². The summed E-state index contributed by atoms with van der Waals surface area (Å²) in [4.78, 5) is 0. The molecule has 1 saturated heterocycles. The lowest BCUT2D eigenvalue weighted by atomic mass is 9.83. The molecule has 0 aromatic heterocycles. The van der Waals surface area contributed by atoms with Crippen LogP contribution in [0.2, 0.25) is 0 Å². The van der Waals surface area contributed by atoms with E-state index >= 15 is 0 Å². The van der Waals surface area contributed by atoms with Crippen LogP contribution in [0.1, 0.15) is 44.9 Å². The molecule has 0 aromatic carbocycles. The molecule has 2 aliphatic carbocycles. The van der Waals surface area contributed by atoms with E-state index in [1.54, 1.807) is 6.42 Å². The number of hydrogen-bond acceptors (Lipinski definition) is 1. The van der Waals surface area contributed by atoms with Gasteiger partial charge in [0.15, 0.2) is 0 Å². The van der Waals surface area contributed by atoms with Gasteiger partial charge in [0, 0.05) is 12.1 Å². The highest BCUT2D eigenvalue weighted by Gasteiger charge is 2.40. The van der Waals surface area contributed by atoms with Gasteiger partial charge >= 0.3 is 0 Å². The average Bonchev–Trinajstić information content (AvgIpc) is 2.64. The second kappa shape index (κ2) is 2.73. The summed E-state index contributed by atoms with van der Waals surface area (Å²) in [6.45, 7) is 0. The molecule has 0 bridgehead atoms. The molecule has 1 heterocycles. The van der Waals surface area contributed by atoms with Gasteiger partial charge in [-0.2, -0.15) is 0 Å². The molecule has 0 spiro atoms. The number of piperidine rings is 1. The van der Waals surface area contributed by atoms with E-state index in [1.165, 1.54) is 38.5 Å². The van der Waals surface area contributed by atoms with Crippen molar-refractivity contribution < 1.29 is 0 Å². The van der Waals surface area contributed by atoms with E-state index in [1.807, 2.05) is 0 Å². The molecule has 68 valence electrons. The number of rotatable bonds is 0. The fourth-order valence-electron chi connectivity index (χ4n) is 3.74. The Morgan fingerprint density at radius 1 is 0.750 bits per heavy atom. The highest BCUT2D eigenvalue weighted by Crippen LogP contribution is 2.42. The van der Waals surface area contributed by atoms with Crippen LogP contribution < -0.4 is 5.32 Å². The van der Waals surface area contributed by atoms with Crippen molar-refractivity contribution in [2.45, 2.75) is 57.0 Å². The first-order chi connectivity index (χ1) is 5.93. The zero-order valence-electron chi connectivity index (χ0n) is 7.76. The number of fused-ring (bicyclic) bond motifs is 2. The fourth-order valence-corrected chi connectivity index (χ4v) is 3.74.